The van der Waals surface area contributed by atoms with Gasteiger partial charge in [-0.1, -0.05) is 18.2 Å². The SMILES string of the molecule is N[C@@H](CC1=CS(=O)(=O)c2ccccc21)C(=O)O. The highest BCUT2D eigenvalue weighted by Crippen LogP contribution is 2.35. The maximum Gasteiger partial charge on any atom is 0.320 e. The molecule has 5 nitrogen and oxygen atoms in total. The van der Waals surface area contributed by atoms with Gasteiger partial charge in [0.25, 0.3) is 0 Å². The van der Waals surface area contributed by atoms with Crippen LogP contribution in [0.2, 0.25) is 0 Å². The van der Waals surface area contributed by atoms with Crippen molar-refractivity contribution in [3.8, 4) is 0 Å². The van der Waals surface area contributed by atoms with E-state index in [2.05, 4.69) is 0 Å². The summed E-state index contributed by atoms with van der Waals surface area (Å²) in [6.07, 6.45) is 0.00553. The molecular weight excluding hydrogens is 242 g/mol. The number of rotatable bonds is 3. The van der Waals surface area contributed by atoms with Crippen molar-refractivity contribution in [3.63, 3.8) is 0 Å². The first-order chi connectivity index (χ1) is 7.92. The standard InChI is InChI=1S/C11H11NO4S/c12-9(11(13)14)5-7-6-17(15,16)10-4-2-1-3-8(7)10/h1-4,6,9H,5,12H2,(H,13,14)/t9-/m0/s1. The van der Waals surface area contributed by atoms with Gasteiger partial charge in [0.2, 0.25) is 9.84 Å². The van der Waals surface area contributed by atoms with Crippen LogP contribution in [0.4, 0.5) is 0 Å². The fourth-order valence-electron chi connectivity index (χ4n) is 1.78. The summed E-state index contributed by atoms with van der Waals surface area (Å²) in [4.78, 5) is 10.9. The molecule has 1 atom stereocenters. The summed E-state index contributed by atoms with van der Waals surface area (Å²) in [6, 6.07) is 5.40. The molecule has 0 spiro atoms. The highest BCUT2D eigenvalue weighted by Gasteiger charge is 2.28. The Morgan fingerprint density at radius 1 is 1.35 bits per heavy atom. The average Bonchev–Trinajstić information content (AvgIpc) is 2.51. The number of carboxylic acid groups (broad SMARTS) is 1. The second-order valence-corrected chi connectivity index (χ2v) is 5.60. The smallest absolute Gasteiger partial charge is 0.320 e. The summed E-state index contributed by atoms with van der Waals surface area (Å²) in [5.74, 6) is -1.15. The van der Waals surface area contributed by atoms with Crippen molar-refractivity contribution in [2.24, 2.45) is 5.73 Å². The highest BCUT2D eigenvalue weighted by atomic mass is 32.2. The van der Waals surface area contributed by atoms with E-state index in [9.17, 15) is 13.2 Å². The molecular formula is C11H11NO4S. The molecule has 0 aromatic heterocycles. The average molecular weight is 253 g/mol. The maximum absolute atomic E-state index is 11.8. The minimum atomic E-state index is -3.44. The molecule has 0 saturated heterocycles. The van der Waals surface area contributed by atoms with Crippen LogP contribution in [0, 0.1) is 0 Å². The van der Waals surface area contributed by atoms with Crippen LogP contribution in [0.25, 0.3) is 5.57 Å². The summed E-state index contributed by atoms with van der Waals surface area (Å²) < 4.78 is 23.5. The summed E-state index contributed by atoms with van der Waals surface area (Å²) in [6.45, 7) is 0. The molecule has 90 valence electrons. The Labute approximate surface area is 98.5 Å². The van der Waals surface area contributed by atoms with Crippen molar-refractivity contribution in [2.75, 3.05) is 0 Å². The van der Waals surface area contributed by atoms with Crippen LogP contribution in [0.1, 0.15) is 12.0 Å². The predicted molar refractivity (Wildman–Crippen MR) is 61.8 cm³/mol. The zero-order valence-electron chi connectivity index (χ0n) is 8.83. The van der Waals surface area contributed by atoms with Gasteiger partial charge in [-0.25, -0.2) is 8.42 Å². The van der Waals surface area contributed by atoms with E-state index >= 15 is 0 Å². The zero-order chi connectivity index (χ0) is 12.6. The number of carboxylic acids is 1. The van der Waals surface area contributed by atoms with Crippen LogP contribution in [-0.4, -0.2) is 25.5 Å². The normalized spacial score (nSPS) is 18.3. The Morgan fingerprint density at radius 2 is 2.00 bits per heavy atom. The third kappa shape index (κ3) is 2.09. The summed E-state index contributed by atoms with van der Waals surface area (Å²) >= 11 is 0. The van der Waals surface area contributed by atoms with E-state index in [-0.39, 0.29) is 11.3 Å². The Kier molecular flexibility index (Phi) is 2.76. The maximum atomic E-state index is 11.8. The number of aliphatic carboxylic acids is 1. The zero-order valence-corrected chi connectivity index (χ0v) is 9.65. The fourth-order valence-corrected chi connectivity index (χ4v) is 3.28. The number of benzene rings is 1. The van der Waals surface area contributed by atoms with Crippen molar-refractivity contribution >= 4 is 21.4 Å². The van der Waals surface area contributed by atoms with E-state index in [1.165, 1.54) is 6.07 Å². The number of hydrogen-bond donors (Lipinski definition) is 2. The monoisotopic (exact) mass is 253 g/mol. The number of sulfone groups is 1. The van der Waals surface area contributed by atoms with Crippen LogP contribution in [0.15, 0.2) is 34.6 Å². The molecule has 6 heteroatoms. The van der Waals surface area contributed by atoms with E-state index in [1.54, 1.807) is 18.2 Å². The third-order valence-corrected chi connectivity index (χ3v) is 4.16. The fraction of sp³-hybridized carbons (Fsp3) is 0.182. The Balaban J connectivity index is 2.42. The molecule has 3 N–H and O–H groups in total. The molecule has 1 aromatic rings. The Morgan fingerprint density at radius 3 is 2.65 bits per heavy atom. The summed E-state index contributed by atoms with van der Waals surface area (Å²) in [7, 11) is -3.44. The van der Waals surface area contributed by atoms with E-state index < -0.39 is 21.8 Å². The van der Waals surface area contributed by atoms with Crippen molar-refractivity contribution in [1.29, 1.82) is 0 Å². The molecule has 0 amide bonds. The second-order valence-electron chi connectivity index (χ2n) is 3.83. The lowest BCUT2D eigenvalue weighted by Crippen LogP contribution is -2.30. The summed E-state index contributed by atoms with van der Waals surface area (Å²) in [5, 5.41) is 9.82. The molecule has 0 unspecified atom stereocenters. The van der Waals surface area contributed by atoms with Crippen LogP contribution in [-0.2, 0) is 14.6 Å². The van der Waals surface area contributed by atoms with Crippen molar-refractivity contribution < 1.29 is 18.3 Å². The molecule has 2 rings (SSSR count). The quantitative estimate of drug-likeness (QED) is 0.822. The van der Waals surface area contributed by atoms with E-state index in [4.69, 9.17) is 10.8 Å². The number of hydrogen-bond acceptors (Lipinski definition) is 4. The second kappa shape index (κ2) is 3.97. The third-order valence-electron chi connectivity index (χ3n) is 2.59. The van der Waals surface area contributed by atoms with Crippen LogP contribution in [0.3, 0.4) is 0 Å². The van der Waals surface area contributed by atoms with Crippen LogP contribution in [0.5, 0.6) is 0 Å². The number of carbonyl (C=O) groups is 1. The minimum Gasteiger partial charge on any atom is -0.480 e. The van der Waals surface area contributed by atoms with Gasteiger partial charge in [-0.15, -0.1) is 0 Å². The first-order valence-electron chi connectivity index (χ1n) is 4.95. The van der Waals surface area contributed by atoms with Gasteiger partial charge in [-0.05, 0) is 23.6 Å². The molecule has 17 heavy (non-hydrogen) atoms. The van der Waals surface area contributed by atoms with Gasteiger partial charge in [-0.2, -0.15) is 0 Å². The highest BCUT2D eigenvalue weighted by molar-refractivity contribution is 7.95. The number of nitrogens with two attached hydrogens (primary N) is 1. The molecule has 0 aliphatic carbocycles. The predicted octanol–water partition coefficient (Wildman–Crippen LogP) is 0.617. The van der Waals surface area contributed by atoms with Crippen molar-refractivity contribution in [1.82, 2.24) is 0 Å². The molecule has 0 radical (unpaired) electrons. The molecule has 1 aliphatic rings. The molecule has 0 bridgehead atoms. The van der Waals surface area contributed by atoms with Crippen LogP contribution >= 0.6 is 0 Å². The van der Waals surface area contributed by atoms with Gasteiger partial charge in [-0.3, -0.25) is 4.79 Å². The van der Waals surface area contributed by atoms with Gasteiger partial charge in [0.1, 0.15) is 6.04 Å². The topological polar surface area (TPSA) is 97.5 Å². The molecule has 1 aliphatic heterocycles. The minimum absolute atomic E-state index is 0.00553. The first-order valence-corrected chi connectivity index (χ1v) is 6.50. The van der Waals surface area contributed by atoms with E-state index in [1.807, 2.05) is 0 Å². The lowest BCUT2D eigenvalue weighted by molar-refractivity contribution is -0.138. The van der Waals surface area contributed by atoms with Crippen LogP contribution < -0.4 is 5.73 Å². The van der Waals surface area contributed by atoms with Crippen molar-refractivity contribution in [3.05, 3.63) is 35.2 Å². The van der Waals surface area contributed by atoms with Gasteiger partial charge >= 0.3 is 5.97 Å². The Hall–Kier alpha value is -1.66. The first kappa shape index (κ1) is 11.8. The number of fused-ring (bicyclic) bond motifs is 1. The molecule has 0 fully saturated rings. The molecule has 0 saturated carbocycles. The lowest BCUT2D eigenvalue weighted by atomic mass is 10.0. The van der Waals surface area contributed by atoms with Gasteiger partial charge < -0.3 is 10.8 Å². The van der Waals surface area contributed by atoms with Gasteiger partial charge in [0.05, 0.1) is 4.90 Å². The van der Waals surface area contributed by atoms with Gasteiger partial charge in [0.15, 0.2) is 0 Å². The van der Waals surface area contributed by atoms with Gasteiger partial charge in [0, 0.05) is 5.41 Å². The molecule has 1 heterocycles. The molecule has 1 aromatic carbocycles. The van der Waals surface area contributed by atoms with E-state index in [0.717, 1.165) is 5.41 Å². The Bertz CT molecular complexity index is 604. The summed E-state index contributed by atoms with van der Waals surface area (Å²) in [5.41, 5.74) is 6.41. The van der Waals surface area contributed by atoms with Crippen molar-refractivity contribution in [2.45, 2.75) is 17.4 Å². The largest absolute Gasteiger partial charge is 0.480 e. The van der Waals surface area contributed by atoms with E-state index in [0.29, 0.717) is 11.1 Å². The lowest BCUT2D eigenvalue weighted by Gasteiger charge is -2.07.